The van der Waals surface area contributed by atoms with E-state index in [2.05, 4.69) is 26.3 Å². The molecule has 1 unspecified atom stereocenters. The molecule has 0 aliphatic heterocycles. The summed E-state index contributed by atoms with van der Waals surface area (Å²) in [6, 6.07) is 16.1. The van der Waals surface area contributed by atoms with Gasteiger partial charge in [0.05, 0.1) is 18.3 Å². The lowest BCUT2D eigenvalue weighted by molar-refractivity contribution is 0.0519. The summed E-state index contributed by atoms with van der Waals surface area (Å²) in [6.07, 6.45) is -0.0964. The molecule has 10 nitrogen and oxygen atoms in total. The lowest BCUT2D eigenvalue weighted by atomic mass is 9.99. The van der Waals surface area contributed by atoms with Crippen LogP contribution < -0.4 is 11.0 Å². The summed E-state index contributed by atoms with van der Waals surface area (Å²) in [5.74, 6) is 0.00531. The Hall–Kier alpha value is -3.70. The van der Waals surface area contributed by atoms with E-state index in [1.54, 1.807) is 49.3 Å². The molecule has 4 aromatic rings. The minimum absolute atomic E-state index is 0.160. The molecular weight excluding hydrogens is 648 g/mol. The third kappa shape index (κ3) is 7.87. The molecule has 0 spiro atoms. The number of halogens is 2. The number of amides is 2. The van der Waals surface area contributed by atoms with Crippen LogP contribution in [0.5, 0.6) is 0 Å². The second-order valence-corrected chi connectivity index (χ2v) is 13.2. The van der Waals surface area contributed by atoms with Crippen LogP contribution in [0, 0.1) is 12.8 Å². The Bertz CT molecular complexity index is 1680. The highest BCUT2D eigenvalue weighted by Gasteiger charge is 2.33. The molecule has 2 heterocycles. The van der Waals surface area contributed by atoms with Gasteiger partial charge >= 0.3 is 11.8 Å². The van der Waals surface area contributed by atoms with Crippen molar-refractivity contribution < 1.29 is 14.3 Å². The molecule has 1 N–H and O–H groups in total. The molecular formula is C32H38BrClN6O4. The van der Waals surface area contributed by atoms with Gasteiger partial charge in [-0.15, -0.1) is 0 Å². The number of aryl methyl sites for hydroxylation is 1. The van der Waals surface area contributed by atoms with Crippen LogP contribution in [0.15, 0.2) is 63.9 Å². The minimum Gasteiger partial charge on any atom is -0.444 e. The van der Waals surface area contributed by atoms with Crippen LogP contribution in [-0.2, 0) is 11.3 Å². The van der Waals surface area contributed by atoms with E-state index in [1.165, 1.54) is 4.52 Å². The molecule has 0 bridgehead atoms. The highest BCUT2D eigenvalue weighted by molar-refractivity contribution is 9.10. The first-order valence-electron chi connectivity index (χ1n) is 14.5. The highest BCUT2D eigenvalue weighted by atomic mass is 79.9. The number of rotatable bonds is 10. The van der Waals surface area contributed by atoms with E-state index in [0.717, 1.165) is 10.0 Å². The van der Waals surface area contributed by atoms with Crippen LogP contribution in [0.25, 0.3) is 5.65 Å². The van der Waals surface area contributed by atoms with Gasteiger partial charge in [0.2, 0.25) is 0 Å². The van der Waals surface area contributed by atoms with Crippen LogP contribution in [0.2, 0.25) is 5.02 Å². The average molecular weight is 686 g/mol. The van der Waals surface area contributed by atoms with E-state index in [1.807, 2.05) is 56.3 Å². The predicted octanol–water partition coefficient (Wildman–Crippen LogP) is 6.42. The summed E-state index contributed by atoms with van der Waals surface area (Å²) in [6.45, 7) is 11.8. The molecule has 0 saturated heterocycles. The van der Waals surface area contributed by atoms with E-state index in [-0.39, 0.29) is 42.1 Å². The number of benzene rings is 2. The maximum Gasteiger partial charge on any atom is 0.407 e. The summed E-state index contributed by atoms with van der Waals surface area (Å²) < 4.78 is 8.99. The Morgan fingerprint density at radius 2 is 1.75 bits per heavy atom. The maximum absolute atomic E-state index is 14.2. The smallest absolute Gasteiger partial charge is 0.407 e. The first-order chi connectivity index (χ1) is 20.8. The van der Waals surface area contributed by atoms with Crippen LogP contribution in [0.3, 0.4) is 0 Å². The van der Waals surface area contributed by atoms with Gasteiger partial charge in [-0.25, -0.2) is 14.6 Å². The third-order valence-electron chi connectivity index (χ3n) is 6.89. The summed E-state index contributed by atoms with van der Waals surface area (Å²) >= 11 is 10.0. The van der Waals surface area contributed by atoms with Crippen molar-refractivity contribution in [3.8, 4) is 0 Å². The van der Waals surface area contributed by atoms with Crippen molar-refractivity contribution in [1.82, 2.24) is 29.4 Å². The van der Waals surface area contributed by atoms with Crippen LogP contribution >= 0.6 is 27.5 Å². The van der Waals surface area contributed by atoms with E-state index < -0.39 is 23.4 Å². The highest BCUT2D eigenvalue weighted by Crippen LogP contribution is 2.31. The van der Waals surface area contributed by atoms with Crippen molar-refractivity contribution in [3.05, 3.63) is 97.2 Å². The molecule has 0 aliphatic rings. The summed E-state index contributed by atoms with van der Waals surface area (Å²) in [5, 5.41) is 7.40. The zero-order valence-electron chi connectivity index (χ0n) is 25.8. The fourth-order valence-electron chi connectivity index (χ4n) is 4.92. The largest absolute Gasteiger partial charge is 0.444 e. The standard InChI is InChI=1S/C32H38BrClN6O4/c1-20(2)26(28-36-27-25(34)21(3)37-40(27)31(43)39(28)19-22-11-8-7-9-12-22)38(29(41)23-13-15-24(33)16-14-23)18-10-17-35-30(42)44-32(4,5)6/h7-9,11-16,20,26H,10,17-19H2,1-6H3,(H,35,42). The van der Waals surface area contributed by atoms with Gasteiger partial charge in [-0.3, -0.25) is 9.36 Å². The average Bonchev–Trinajstić information content (AvgIpc) is 3.24. The van der Waals surface area contributed by atoms with Gasteiger partial charge in [-0.05, 0) is 69.9 Å². The predicted molar refractivity (Wildman–Crippen MR) is 174 cm³/mol. The van der Waals surface area contributed by atoms with Crippen LogP contribution in [0.4, 0.5) is 4.79 Å². The van der Waals surface area contributed by atoms with Crippen molar-refractivity contribution in [3.63, 3.8) is 0 Å². The van der Waals surface area contributed by atoms with Crippen molar-refractivity contribution >= 4 is 45.2 Å². The zero-order chi connectivity index (χ0) is 32.2. The fraction of sp³-hybridized carbons (Fsp3) is 0.406. The van der Waals surface area contributed by atoms with Crippen molar-refractivity contribution in [2.75, 3.05) is 13.1 Å². The van der Waals surface area contributed by atoms with E-state index in [4.69, 9.17) is 21.3 Å². The first-order valence-corrected chi connectivity index (χ1v) is 15.7. The monoisotopic (exact) mass is 684 g/mol. The number of alkyl carbamates (subject to hydrolysis) is 1. The third-order valence-corrected chi connectivity index (χ3v) is 7.86. The molecule has 2 aromatic heterocycles. The molecule has 0 aliphatic carbocycles. The number of aromatic nitrogens is 4. The Balaban J connectivity index is 1.80. The van der Waals surface area contributed by atoms with Crippen molar-refractivity contribution in [1.29, 1.82) is 0 Å². The molecule has 2 amide bonds. The lowest BCUT2D eigenvalue weighted by Crippen LogP contribution is -2.43. The number of nitrogens with zero attached hydrogens (tertiary/aromatic N) is 5. The Labute approximate surface area is 270 Å². The van der Waals surface area contributed by atoms with Gasteiger partial charge in [0, 0.05) is 23.1 Å². The topological polar surface area (TPSA) is 111 Å². The number of hydrogen-bond donors (Lipinski definition) is 1. The number of fused-ring (bicyclic) bond motifs is 1. The SMILES string of the molecule is Cc1nn2c(=O)n(Cc3ccccc3)c(C(C(C)C)N(CCCNC(=O)OC(C)(C)C)C(=O)c3ccc(Br)cc3)nc2c1Cl. The van der Waals surface area contributed by atoms with Gasteiger partial charge in [-0.1, -0.05) is 71.7 Å². The fourth-order valence-corrected chi connectivity index (χ4v) is 5.35. The van der Waals surface area contributed by atoms with Crippen LogP contribution in [-0.4, -0.2) is 54.8 Å². The number of nitrogens with one attached hydrogen (secondary N) is 1. The number of hydrogen-bond acceptors (Lipinski definition) is 6. The summed E-state index contributed by atoms with van der Waals surface area (Å²) in [4.78, 5) is 47.1. The summed E-state index contributed by atoms with van der Waals surface area (Å²) in [5.41, 5.74) is 1.06. The second-order valence-electron chi connectivity index (χ2n) is 11.9. The molecule has 44 heavy (non-hydrogen) atoms. The minimum atomic E-state index is -0.629. The first kappa shape index (κ1) is 33.2. The van der Waals surface area contributed by atoms with Gasteiger partial charge in [0.15, 0.2) is 5.65 Å². The second kappa shape index (κ2) is 13.9. The normalized spacial score (nSPS) is 12.4. The molecule has 0 fully saturated rings. The Morgan fingerprint density at radius 3 is 2.36 bits per heavy atom. The van der Waals surface area contributed by atoms with E-state index >= 15 is 0 Å². The van der Waals surface area contributed by atoms with E-state index in [0.29, 0.717) is 23.5 Å². The van der Waals surface area contributed by atoms with Gasteiger partial charge in [0.1, 0.15) is 16.4 Å². The lowest BCUT2D eigenvalue weighted by Gasteiger charge is -2.35. The van der Waals surface area contributed by atoms with Crippen molar-refractivity contribution in [2.24, 2.45) is 5.92 Å². The van der Waals surface area contributed by atoms with Crippen molar-refractivity contribution in [2.45, 2.75) is 66.2 Å². The summed E-state index contributed by atoms with van der Waals surface area (Å²) in [7, 11) is 0. The Kier molecular flexibility index (Phi) is 10.5. The maximum atomic E-state index is 14.2. The Morgan fingerprint density at radius 1 is 1.09 bits per heavy atom. The van der Waals surface area contributed by atoms with Gasteiger partial charge in [-0.2, -0.15) is 9.61 Å². The molecule has 2 aromatic carbocycles. The van der Waals surface area contributed by atoms with Gasteiger partial charge in [0.25, 0.3) is 5.91 Å². The number of carbonyl (C=O) groups is 2. The van der Waals surface area contributed by atoms with Crippen LogP contribution in [0.1, 0.15) is 74.5 Å². The quantitative estimate of drug-likeness (QED) is 0.193. The number of carbonyl (C=O) groups excluding carboxylic acids is 2. The molecule has 0 radical (unpaired) electrons. The van der Waals surface area contributed by atoms with E-state index in [9.17, 15) is 14.4 Å². The zero-order valence-corrected chi connectivity index (χ0v) is 28.1. The molecule has 4 rings (SSSR count). The van der Waals surface area contributed by atoms with Gasteiger partial charge < -0.3 is 15.0 Å². The molecule has 1 atom stereocenters. The molecule has 0 saturated carbocycles. The molecule has 234 valence electrons. The number of ether oxygens (including phenoxy) is 1. The molecule has 12 heteroatoms.